The molecule has 0 bridgehead atoms. The molecule has 112 valence electrons. The van der Waals surface area contributed by atoms with E-state index in [2.05, 4.69) is 27.4 Å². The number of benzene rings is 1. The highest BCUT2D eigenvalue weighted by Gasteiger charge is 2.35. The quantitative estimate of drug-likeness (QED) is 0.899. The second-order valence-electron chi connectivity index (χ2n) is 5.29. The lowest BCUT2D eigenvalue weighted by Gasteiger charge is -2.38. The zero-order valence-corrected chi connectivity index (χ0v) is 12.1. The summed E-state index contributed by atoms with van der Waals surface area (Å²) in [5.41, 5.74) is 6.96. The maximum Gasteiger partial charge on any atom is 0.225 e. The van der Waals surface area contributed by atoms with Gasteiger partial charge >= 0.3 is 0 Å². The van der Waals surface area contributed by atoms with Gasteiger partial charge in [-0.15, -0.1) is 0 Å². The molecule has 0 aliphatic carbocycles. The fraction of sp³-hybridized carbons (Fsp3) is 0.312. The van der Waals surface area contributed by atoms with E-state index in [0.29, 0.717) is 19.2 Å². The van der Waals surface area contributed by atoms with E-state index in [1.54, 1.807) is 0 Å². The third kappa shape index (κ3) is 2.71. The van der Waals surface area contributed by atoms with Crippen LogP contribution in [0.1, 0.15) is 24.0 Å². The number of nitrogens with zero attached hydrogens (tertiary/aromatic N) is 3. The fourth-order valence-electron chi connectivity index (χ4n) is 2.72. The molecule has 0 amide bonds. The number of ether oxygens (including phenoxy) is 1. The lowest BCUT2D eigenvalue weighted by Crippen LogP contribution is -2.41. The maximum atomic E-state index is 8.91. The molecule has 0 radical (unpaired) electrons. The van der Waals surface area contributed by atoms with Crippen molar-refractivity contribution in [1.29, 1.82) is 5.26 Å². The largest absolute Gasteiger partial charge is 0.382 e. The highest BCUT2D eigenvalue weighted by atomic mass is 16.5. The van der Waals surface area contributed by atoms with Crippen LogP contribution >= 0.6 is 0 Å². The third-order valence-electron chi connectivity index (χ3n) is 3.96. The van der Waals surface area contributed by atoms with Gasteiger partial charge in [0.25, 0.3) is 0 Å². The van der Waals surface area contributed by atoms with E-state index in [4.69, 9.17) is 15.7 Å². The average Bonchev–Trinajstić information content (AvgIpc) is 2.57. The standard InChI is InChI=1S/C16H17N5O/c17-10-12-11-19-15(20-14(12)18)21-16(6-8-22-9-7-16)13-4-2-1-3-5-13/h1-5,11H,6-9H2,(H3,18,19,20,21). The van der Waals surface area contributed by atoms with Crippen LogP contribution in [-0.4, -0.2) is 23.2 Å². The van der Waals surface area contributed by atoms with Gasteiger partial charge in [0.2, 0.25) is 5.95 Å². The Morgan fingerprint density at radius 1 is 1.23 bits per heavy atom. The smallest absolute Gasteiger partial charge is 0.225 e. The molecule has 0 saturated carbocycles. The summed E-state index contributed by atoms with van der Waals surface area (Å²) < 4.78 is 5.50. The third-order valence-corrected chi connectivity index (χ3v) is 3.96. The Bertz CT molecular complexity index is 689. The lowest BCUT2D eigenvalue weighted by molar-refractivity contribution is 0.0591. The van der Waals surface area contributed by atoms with Crippen LogP contribution in [0.25, 0.3) is 0 Å². The first-order valence-corrected chi connectivity index (χ1v) is 7.18. The van der Waals surface area contributed by atoms with Crippen molar-refractivity contribution in [2.75, 3.05) is 24.3 Å². The number of nitrogens with two attached hydrogens (primary N) is 1. The topological polar surface area (TPSA) is 96.8 Å². The minimum Gasteiger partial charge on any atom is -0.382 e. The Morgan fingerprint density at radius 3 is 2.59 bits per heavy atom. The lowest BCUT2D eigenvalue weighted by atomic mass is 9.83. The summed E-state index contributed by atoms with van der Waals surface area (Å²) in [5.74, 6) is 0.623. The number of nitrogens with one attached hydrogen (secondary N) is 1. The minimum atomic E-state index is -0.278. The number of hydrogen-bond acceptors (Lipinski definition) is 6. The molecule has 0 atom stereocenters. The van der Waals surface area contributed by atoms with E-state index in [0.717, 1.165) is 12.8 Å². The first-order chi connectivity index (χ1) is 10.7. The van der Waals surface area contributed by atoms with Gasteiger partial charge in [0.05, 0.1) is 11.7 Å². The molecular formula is C16H17N5O. The van der Waals surface area contributed by atoms with Crippen molar-refractivity contribution >= 4 is 11.8 Å². The minimum absolute atomic E-state index is 0.190. The van der Waals surface area contributed by atoms with Crippen LogP contribution in [0.15, 0.2) is 36.5 Å². The van der Waals surface area contributed by atoms with Crippen LogP contribution in [0.5, 0.6) is 0 Å². The molecule has 3 N–H and O–H groups in total. The summed E-state index contributed by atoms with van der Waals surface area (Å²) in [6.45, 7) is 1.35. The Labute approximate surface area is 129 Å². The summed E-state index contributed by atoms with van der Waals surface area (Å²) >= 11 is 0. The van der Waals surface area contributed by atoms with E-state index in [1.807, 2.05) is 24.3 Å². The van der Waals surface area contributed by atoms with E-state index in [9.17, 15) is 0 Å². The monoisotopic (exact) mass is 295 g/mol. The molecule has 0 unspecified atom stereocenters. The van der Waals surface area contributed by atoms with Crippen molar-refractivity contribution in [3.63, 3.8) is 0 Å². The van der Waals surface area contributed by atoms with Gasteiger partial charge < -0.3 is 15.8 Å². The van der Waals surface area contributed by atoms with Crippen LogP contribution in [0.4, 0.5) is 11.8 Å². The SMILES string of the molecule is N#Cc1cnc(NC2(c3ccccc3)CCOCC2)nc1N. The highest BCUT2D eigenvalue weighted by Crippen LogP contribution is 2.35. The molecule has 1 fully saturated rings. The van der Waals surface area contributed by atoms with Gasteiger partial charge in [-0.25, -0.2) is 4.98 Å². The number of anilines is 2. The predicted molar refractivity (Wildman–Crippen MR) is 83.0 cm³/mol. The Morgan fingerprint density at radius 2 is 1.95 bits per heavy atom. The van der Waals surface area contributed by atoms with Crippen molar-refractivity contribution < 1.29 is 4.74 Å². The van der Waals surface area contributed by atoms with Crippen molar-refractivity contribution in [1.82, 2.24) is 9.97 Å². The highest BCUT2D eigenvalue weighted by molar-refractivity contribution is 5.51. The molecule has 1 saturated heterocycles. The molecule has 22 heavy (non-hydrogen) atoms. The molecule has 2 aromatic rings. The second kappa shape index (κ2) is 6.00. The van der Waals surface area contributed by atoms with Gasteiger partial charge in [-0.3, -0.25) is 0 Å². The molecule has 1 aliphatic heterocycles. The summed E-state index contributed by atoms with van der Waals surface area (Å²) in [7, 11) is 0. The number of nitriles is 1. The van der Waals surface area contributed by atoms with E-state index in [1.165, 1.54) is 11.8 Å². The van der Waals surface area contributed by atoms with Gasteiger partial charge in [0, 0.05) is 13.2 Å². The first kappa shape index (κ1) is 14.3. The summed E-state index contributed by atoms with van der Waals surface area (Å²) in [5, 5.41) is 12.3. The van der Waals surface area contributed by atoms with E-state index in [-0.39, 0.29) is 16.9 Å². The van der Waals surface area contributed by atoms with Crippen molar-refractivity contribution in [3.8, 4) is 6.07 Å². The van der Waals surface area contributed by atoms with Crippen LogP contribution in [-0.2, 0) is 10.3 Å². The molecule has 3 rings (SSSR count). The van der Waals surface area contributed by atoms with Gasteiger partial charge in [0.15, 0.2) is 0 Å². The van der Waals surface area contributed by atoms with Crippen LogP contribution in [0.3, 0.4) is 0 Å². The molecule has 1 aromatic heterocycles. The average molecular weight is 295 g/mol. The second-order valence-corrected chi connectivity index (χ2v) is 5.29. The number of hydrogen-bond donors (Lipinski definition) is 2. The predicted octanol–water partition coefficient (Wildman–Crippen LogP) is 2.05. The van der Waals surface area contributed by atoms with Crippen molar-refractivity contribution in [3.05, 3.63) is 47.7 Å². The van der Waals surface area contributed by atoms with Gasteiger partial charge in [-0.1, -0.05) is 30.3 Å². The molecule has 1 aliphatic rings. The summed E-state index contributed by atoms with van der Waals surface area (Å²) in [6, 6.07) is 12.2. The van der Waals surface area contributed by atoms with E-state index >= 15 is 0 Å². The number of aromatic nitrogens is 2. The fourth-order valence-corrected chi connectivity index (χ4v) is 2.72. The Hall–Kier alpha value is -2.65. The zero-order chi connectivity index (χ0) is 15.4. The Kier molecular flexibility index (Phi) is 3.90. The molecule has 6 nitrogen and oxygen atoms in total. The molecule has 0 spiro atoms. The van der Waals surface area contributed by atoms with Crippen LogP contribution in [0.2, 0.25) is 0 Å². The normalized spacial score (nSPS) is 16.7. The van der Waals surface area contributed by atoms with E-state index < -0.39 is 0 Å². The molecule has 6 heteroatoms. The van der Waals surface area contributed by atoms with Gasteiger partial charge in [-0.05, 0) is 18.4 Å². The van der Waals surface area contributed by atoms with Crippen molar-refractivity contribution in [2.24, 2.45) is 0 Å². The summed E-state index contributed by atoms with van der Waals surface area (Å²) in [6.07, 6.45) is 3.09. The number of rotatable bonds is 3. The zero-order valence-electron chi connectivity index (χ0n) is 12.1. The summed E-state index contributed by atoms with van der Waals surface area (Å²) in [4.78, 5) is 8.41. The van der Waals surface area contributed by atoms with Crippen LogP contribution < -0.4 is 11.1 Å². The van der Waals surface area contributed by atoms with Gasteiger partial charge in [-0.2, -0.15) is 10.2 Å². The van der Waals surface area contributed by atoms with Crippen LogP contribution in [0, 0.1) is 11.3 Å². The van der Waals surface area contributed by atoms with Crippen molar-refractivity contribution in [2.45, 2.75) is 18.4 Å². The van der Waals surface area contributed by atoms with Gasteiger partial charge in [0.1, 0.15) is 17.5 Å². The Balaban J connectivity index is 1.94. The number of nitrogen functional groups attached to an aromatic ring is 1. The molecular weight excluding hydrogens is 278 g/mol. The maximum absolute atomic E-state index is 8.91. The molecule has 2 heterocycles. The first-order valence-electron chi connectivity index (χ1n) is 7.18. The molecule has 1 aromatic carbocycles.